The lowest BCUT2D eigenvalue weighted by Crippen LogP contribution is -2.00. The number of aryl methyl sites for hydroxylation is 1. The predicted molar refractivity (Wildman–Crippen MR) is 50.2 cm³/mol. The first-order valence-electron chi connectivity index (χ1n) is 4.04. The standard InChI is InChI=1S/C10H14O3/c1-8-4-5-9(12-3)10(6-8)13-7-11-2/h4-6H,7H2,1-3H3. The molecule has 0 aliphatic rings. The molecule has 0 radical (unpaired) electrons. The zero-order chi connectivity index (χ0) is 9.68. The van der Waals surface area contributed by atoms with Gasteiger partial charge in [0, 0.05) is 7.11 Å². The van der Waals surface area contributed by atoms with Gasteiger partial charge >= 0.3 is 0 Å². The summed E-state index contributed by atoms with van der Waals surface area (Å²) >= 11 is 0. The van der Waals surface area contributed by atoms with Crippen molar-refractivity contribution in [2.75, 3.05) is 21.0 Å². The van der Waals surface area contributed by atoms with Crippen LogP contribution >= 0.6 is 0 Å². The van der Waals surface area contributed by atoms with Gasteiger partial charge in [-0.25, -0.2) is 0 Å². The number of rotatable bonds is 4. The molecule has 0 N–H and O–H groups in total. The Hall–Kier alpha value is -1.22. The van der Waals surface area contributed by atoms with Crippen LogP contribution in [0.25, 0.3) is 0 Å². The normalized spacial score (nSPS) is 9.77. The van der Waals surface area contributed by atoms with Crippen molar-refractivity contribution in [1.82, 2.24) is 0 Å². The van der Waals surface area contributed by atoms with Crippen molar-refractivity contribution in [2.45, 2.75) is 6.92 Å². The smallest absolute Gasteiger partial charge is 0.188 e. The molecule has 0 fully saturated rings. The molecular weight excluding hydrogens is 168 g/mol. The molecule has 1 aromatic carbocycles. The van der Waals surface area contributed by atoms with Gasteiger partial charge in [-0.05, 0) is 24.6 Å². The van der Waals surface area contributed by atoms with Gasteiger partial charge in [0.1, 0.15) is 0 Å². The van der Waals surface area contributed by atoms with Crippen molar-refractivity contribution < 1.29 is 14.2 Å². The second-order valence-corrected chi connectivity index (χ2v) is 2.71. The summed E-state index contributed by atoms with van der Waals surface area (Å²) in [7, 11) is 3.20. The molecule has 0 amide bonds. The minimum Gasteiger partial charge on any atom is -0.493 e. The van der Waals surface area contributed by atoms with Crippen LogP contribution in [0.15, 0.2) is 18.2 Å². The average molecular weight is 182 g/mol. The van der Waals surface area contributed by atoms with E-state index in [0.717, 1.165) is 11.3 Å². The maximum atomic E-state index is 5.31. The minimum absolute atomic E-state index is 0.236. The van der Waals surface area contributed by atoms with E-state index in [1.165, 1.54) is 0 Å². The molecule has 0 aliphatic heterocycles. The third-order valence-corrected chi connectivity index (χ3v) is 1.65. The third-order valence-electron chi connectivity index (χ3n) is 1.65. The van der Waals surface area contributed by atoms with Gasteiger partial charge in [0.15, 0.2) is 18.3 Å². The molecule has 3 heteroatoms. The molecule has 0 spiro atoms. The second-order valence-electron chi connectivity index (χ2n) is 2.71. The molecule has 3 nitrogen and oxygen atoms in total. The largest absolute Gasteiger partial charge is 0.493 e. The van der Waals surface area contributed by atoms with Crippen molar-refractivity contribution in [3.8, 4) is 11.5 Å². The van der Waals surface area contributed by atoms with E-state index in [0.29, 0.717) is 5.75 Å². The summed E-state index contributed by atoms with van der Waals surface area (Å²) in [6.07, 6.45) is 0. The molecule has 0 saturated carbocycles. The van der Waals surface area contributed by atoms with Crippen molar-refractivity contribution in [3.05, 3.63) is 23.8 Å². The molecule has 0 heterocycles. The lowest BCUT2D eigenvalue weighted by atomic mass is 10.2. The zero-order valence-corrected chi connectivity index (χ0v) is 8.16. The number of benzene rings is 1. The molecule has 0 saturated heterocycles. The van der Waals surface area contributed by atoms with Crippen molar-refractivity contribution in [2.24, 2.45) is 0 Å². The van der Waals surface area contributed by atoms with Crippen LogP contribution in [0.2, 0.25) is 0 Å². The maximum absolute atomic E-state index is 5.31. The zero-order valence-electron chi connectivity index (χ0n) is 8.16. The predicted octanol–water partition coefficient (Wildman–Crippen LogP) is 1.99. The van der Waals surface area contributed by atoms with E-state index in [4.69, 9.17) is 14.2 Å². The van der Waals surface area contributed by atoms with Gasteiger partial charge in [-0.2, -0.15) is 0 Å². The Labute approximate surface area is 78.2 Å². The number of hydrogen-bond acceptors (Lipinski definition) is 3. The average Bonchev–Trinajstić information content (AvgIpc) is 2.15. The van der Waals surface area contributed by atoms with Crippen LogP contribution in [0.5, 0.6) is 11.5 Å². The Morgan fingerprint density at radius 3 is 2.54 bits per heavy atom. The van der Waals surface area contributed by atoms with Gasteiger partial charge in [-0.1, -0.05) is 6.07 Å². The minimum atomic E-state index is 0.236. The number of ether oxygens (including phenoxy) is 3. The highest BCUT2D eigenvalue weighted by atomic mass is 16.7. The maximum Gasteiger partial charge on any atom is 0.188 e. The van der Waals surface area contributed by atoms with Gasteiger partial charge < -0.3 is 14.2 Å². The van der Waals surface area contributed by atoms with Crippen LogP contribution in [0.4, 0.5) is 0 Å². The van der Waals surface area contributed by atoms with E-state index in [1.807, 2.05) is 25.1 Å². The van der Waals surface area contributed by atoms with Crippen LogP contribution in [-0.2, 0) is 4.74 Å². The Morgan fingerprint density at radius 2 is 1.92 bits per heavy atom. The Morgan fingerprint density at radius 1 is 1.15 bits per heavy atom. The van der Waals surface area contributed by atoms with Crippen LogP contribution in [-0.4, -0.2) is 21.0 Å². The molecule has 0 aromatic heterocycles. The SMILES string of the molecule is COCOc1cc(C)ccc1OC. The summed E-state index contributed by atoms with van der Waals surface area (Å²) in [6, 6.07) is 5.76. The summed E-state index contributed by atoms with van der Waals surface area (Å²) < 4.78 is 15.2. The molecule has 0 aliphatic carbocycles. The summed E-state index contributed by atoms with van der Waals surface area (Å²) in [5, 5.41) is 0. The number of hydrogen-bond donors (Lipinski definition) is 0. The van der Waals surface area contributed by atoms with Gasteiger partial charge in [-0.3, -0.25) is 0 Å². The first-order chi connectivity index (χ1) is 6.27. The van der Waals surface area contributed by atoms with Crippen LogP contribution < -0.4 is 9.47 Å². The van der Waals surface area contributed by atoms with Gasteiger partial charge in [0.2, 0.25) is 0 Å². The fourth-order valence-corrected chi connectivity index (χ4v) is 1.02. The van der Waals surface area contributed by atoms with E-state index in [9.17, 15) is 0 Å². The second kappa shape index (κ2) is 4.72. The van der Waals surface area contributed by atoms with E-state index in [1.54, 1.807) is 14.2 Å². The summed E-state index contributed by atoms with van der Waals surface area (Å²) in [5.74, 6) is 1.44. The summed E-state index contributed by atoms with van der Waals surface area (Å²) in [5.41, 5.74) is 1.13. The topological polar surface area (TPSA) is 27.7 Å². The molecular formula is C10H14O3. The highest BCUT2D eigenvalue weighted by Gasteiger charge is 2.02. The number of methoxy groups -OCH3 is 2. The first-order valence-corrected chi connectivity index (χ1v) is 4.04. The first kappa shape index (κ1) is 9.86. The van der Waals surface area contributed by atoms with Crippen molar-refractivity contribution >= 4 is 0 Å². The Kier molecular flexibility index (Phi) is 3.58. The van der Waals surface area contributed by atoms with E-state index >= 15 is 0 Å². The van der Waals surface area contributed by atoms with Gasteiger partial charge in [0.05, 0.1) is 7.11 Å². The Bertz CT molecular complexity index is 271. The fraction of sp³-hybridized carbons (Fsp3) is 0.400. The van der Waals surface area contributed by atoms with E-state index < -0.39 is 0 Å². The molecule has 1 aromatic rings. The molecule has 0 unspecified atom stereocenters. The Balaban J connectivity index is 2.81. The van der Waals surface area contributed by atoms with E-state index in [2.05, 4.69) is 0 Å². The summed E-state index contributed by atoms with van der Waals surface area (Å²) in [4.78, 5) is 0. The molecule has 13 heavy (non-hydrogen) atoms. The third kappa shape index (κ3) is 2.63. The van der Waals surface area contributed by atoms with Crippen LogP contribution in [0.1, 0.15) is 5.56 Å². The highest BCUT2D eigenvalue weighted by molar-refractivity contribution is 5.42. The van der Waals surface area contributed by atoms with Gasteiger partial charge in [-0.15, -0.1) is 0 Å². The lowest BCUT2D eigenvalue weighted by Gasteiger charge is -2.09. The fourth-order valence-electron chi connectivity index (χ4n) is 1.02. The molecule has 72 valence electrons. The van der Waals surface area contributed by atoms with Crippen LogP contribution in [0.3, 0.4) is 0 Å². The monoisotopic (exact) mass is 182 g/mol. The molecule has 0 bridgehead atoms. The lowest BCUT2D eigenvalue weighted by molar-refractivity contribution is 0.0491. The van der Waals surface area contributed by atoms with Gasteiger partial charge in [0.25, 0.3) is 0 Å². The summed E-state index contributed by atoms with van der Waals surface area (Å²) in [6.45, 7) is 2.24. The molecule has 0 atom stereocenters. The quantitative estimate of drug-likeness (QED) is 0.666. The molecule has 1 rings (SSSR count). The van der Waals surface area contributed by atoms with Crippen molar-refractivity contribution in [1.29, 1.82) is 0 Å². The van der Waals surface area contributed by atoms with Crippen molar-refractivity contribution in [3.63, 3.8) is 0 Å². The van der Waals surface area contributed by atoms with E-state index in [-0.39, 0.29) is 6.79 Å². The highest BCUT2D eigenvalue weighted by Crippen LogP contribution is 2.27. The van der Waals surface area contributed by atoms with Crippen LogP contribution in [0, 0.1) is 6.92 Å².